The van der Waals surface area contributed by atoms with Gasteiger partial charge in [-0.15, -0.1) is 0 Å². The van der Waals surface area contributed by atoms with E-state index < -0.39 is 17.6 Å². The minimum absolute atomic E-state index is 0.0687. The van der Waals surface area contributed by atoms with E-state index in [0.717, 1.165) is 0 Å². The van der Waals surface area contributed by atoms with Crippen molar-refractivity contribution in [3.8, 4) is 0 Å². The Balaban J connectivity index is 2.66. The molecule has 1 aromatic heterocycles. The number of carbonyl (C=O) groups is 2. The highest BCUT2D eigenvalue weighted by Crippen LogP contribution is 2.12. The maximum atomic E-state index is 12.1. The number of rotatable bonds is 5. The standard InChI is InChI=1S/C16H23NO4/c1-11(2)14(15(19)21-16(3,4)5)17-13(18)9-8-12-7-6-10-20-12/h6-11,14H,1-5H3,(H,17,18)/b9-8+/t14-/m1/s1. The maximum absolute atomic E-state index is 12.1. The smallest absolute Gasteiger partial charge is 0.329 e. The molecule has 0 aromatic carbocycles. The summed E-state index contributed by atoms with van der Waals surface area (Å²) in [7, 11) is 0. The zero-order valence-corrected chi connectivity index (χ0v) is 13.2. The third kappa shape index (κ3) is 6.29. The minimum Gasteiger partial charge on any atom is -0.465 e. The first-order chi connectivity index (χ1) is 9.69. The van der Waals surface area contributed by atoms with Crippen LogP contribution in [0.3, 0.4) is 0 Å². The van der Waals surface area contributed by atoms with Gasteiger partial charge in [-0.05, 0) is 44.9 Å². The summed E-state index contributed by atoms with van der Waals surface area (Å²) in [6.45, 7) is 9.08. The molecule has 1 aromatic rings. The van der Waals surface area contributed by atoms with Gasteiger partial charge in [0.05, 0.1) is 6.26 Å². The van der Waals surface area contributed by atoms with E-state index in [9.17, 15) is 9.59 Å². The molecule has 0 saturated carbocycles. The summed E-state index contributed by atoms with van der Waals surface area (Å²) in [6.07, 6.45) is 4.40. The normalized spacial score (nSPS) is 13.4. The van der Waals surface area contributed by atoms with Gasteiger partial charge in [0, 0.05) is 6.08 Å². The quantitative estimate of drug-likeness (QED) is 0.669. The Labute approximate surface area is 125 Å². The third-order valence-corrected chi connectivity index (χ3v) is 2.57. The highest BCUT2D eigenvalue weighted by atomic mass is 16.6. The van der Waals surface area contributed by atoms with Crippen molar-refractivity contribution in [1.82, 2.24) is 5.32 Å². The van der Waals surface area contributed by atoms with Gasteiger partial charge in [-0.25, -0.2) is 4.79 Å². The molecule has 0 aliphatic carbocycles. The molecule has 5 heteroatoms. The first-order valence-corrected chi connectivity index (χ1v) is 6.94. The molecular formula is C16H23NO4. The lowest BCUT2D eigenvalue weighted by atomic mass is 10.0. The van der Waals surface area contributed by atoms with Gasteiger partial charge in [-0.2, -0.15) is 0 Å². The molecule has 1 heterocycles. The van der Waals surface area contributed by atoms with Gasteiger partial charge in [0.25, 0.3) is 0 Å². The van der Waals surface area contributed by atoms with Crippen molar-refractivity contribution in [1.29, 1.82) is 0 Å². The van der Waals surface area contributed by atoms with Crippen LogP contribution in [0.1, 0.15) is 40.4 Å². The van der Waals surface area contributed by atoms with Gasteiger partial charge in [-0.3, -0.25) is 4.79 Å². The number of furan rings is 1. The molecule has 1 N–H and O–H groups in total. The average molecular weight is 293 g/mol. The van der Waals surface area contributed by atoms with E-state index >= 15 is 0 Å². The third-order valence-electron chi connectivity index (χ3n) is 2.57. The number of carbonyl (C=O) groups excluding carboxylic acids is 2. The van der Waals surface area contributed by atoms with Crippen LogP contribution in [0, 0.1) is 5.92 Å². The van der Waals surface area contributed by atoms with E-state index in [2.05, 4.69) is 5.32 Å². The van der Waals surface area contributed by atoms with Crippen molar-refractivity contribution >= 4 is 18.0 Å². The van der Waals surface area contributed by atoms with Gasteiger partial charge in [0.1, 0.15) is 17.4 Å². The zero-order valence-electron chi connectivity index (χ0n) is 13.2. The Bertz CT molecular complexity index is 495. The summed E-state index contributed by atoms with van der Waals surface area (Å²) in [4.78, 5) is 24.0. The van der Waals surface area contributed by atoms with E-state index in [0.29, 0.717) is 5.76 Å². The second-order valence-electron chi connectivity index (χ2n) is 6.11. The van der Waals surface area contributed by atoms with Gasteiger partial charge in [-0.1, -0.05) is 13.8 Å². The first-order valence-electron chi connectivity index (χ1n) is 6.94. The fraction of sp³-hybridized carbons (Fsp3) is 0.500. The monoisotopic (exact) mass is 293 g/mol. The molecule has 0 aliphatic rings. The van der Waals surface area contributed by atoms with Crippen molar-refractivity contribution < 1.29 is 18.7 Å². The highest BCUT2D eigenvalue weighted by molar-refractivity contribution is 5.94. The molecule has 0 saturated heterocycles. The van der Waals surface area contributed by atoms with Crippen LogP contribution >= 0.6 is 0 Å². The number of hydrogen-bond acceptors (Lipinski definition) is 4. The lowest BCUT2D eigenvalue weighted by molar-refractivity contribution is -0.159. The number of amides is 1. The van der Waals surface area contributed by atoms with E-state index in [-0.39, 0.29) is 11.8 Å². The summed E-state index contributed by atoms with van der Waals surface area (Å²) in [6, 6.07) is 2.78. The van der Waals surface area contributed by atoms with Gasteiger partial charge in [0.2, 0.25) is 5.91 Å². The molecule has 0 radical (unpaired) electrons. The van der Waals surface area contributed by atoms with Crippen molar-refractivity contribution in [2.24, 2.45) is 5.92 Å². The highest BCUT2D eigenvalue weighted by Gasteiger charge is 2.28. The van der Waals surface area contributed by atoms with Gasteiger partial charge in [0.15, 0.2) is 0 Å². The van der Waals surface area contributed by atoms with Crippen LogP contribution in [-0.4, -0.2) is 23.5 Å². The Kier molecular flexibility index (Phi) is 5.76. The molecule has 1 atom stereocenters. The van der Waals surface area contributed by atoms with E-state index in [1.165, 1.54) is 12.3 Å². The second-order valence-corrected chi connectivity index (χ2v) is 6.11. The molecule has 1 amide bonds. The predicted molar refractivity (Wildman–Crippen MR) is 80.4 cm³/mol. The van der Waals surface area contributed by atoms with Crippen LogP contribution in [0.5, 0.6) is 0 Å². The number of esters is 1. The van der Waals surface area contributed by atoms with Gasteiger partial charge < -0.3 is 14.5 Å². The molecule has 116 valence electrons. The largest absolute Gasteiger partial charge is 0.465 e. The Morgan fingerprint density at radius 3 is 2.48 bits per heavy atom. The molecule has 5 nitrogen and oxygen atoms in total. The van der Waals surface area contributed by atoms with Crippen molar-refractivity contribution in [2.75, 3.05) is 0 Å². The Morgan fingerprint density at radius 1 is 1.33 bits per heavy atom. The van der Waals surface area contributed by atoms with Crippen LogP contribution in [0.2, 0.25) is 0 Å². The summed E-state index contributed by atoms with van der Waals surface area (Å²) >= 11 is 0. The van der Waals surface area contributed by atoms with Crippen LogP contribution in [0.4, 0.5) is 0 Å². The molecule has 0 aliphatic heterocycles. The SMILES string of the molecule is CC(C)[C@@H](NC(=O)/C=C/c1ccco1)C(=O)OC(C)(C)C. The molecule has 0 spiro atoms. The molecule has 0 bridgehead atoms. The molecule has 1 rings (SSSR count). The topological polar surface area (TPSA) is 68.5 Å². The van der Waals surface area contributed by atoms with Crippen LogP contribution in [0.15, 0.2) is 28.9 Å². The fourth-order valence-corrected chi connectivity index (χ4v) is 1.61. The van der Waals surface area contributed by atoms with E-state index in [4.69, 9.17) is 9.15 Å². The number of ether oxygens (including phenoxy) is 1. The lowest BCUT2D eigenvalue weighted by Crippen LogP contribution is -2.46. The molecule has 0 unspecified atom stereocenters. The molecule has 0 fully saturated rings. The summed E-state index contributed by atoms with van der Waals surface area (Å²) < 4.78 is 10.4. The molecule has 21 heavy (non-hydrogen) atoms. The number of nitrogens with one attached hydrogen (secondary N) is 1. The minimum atomic E-state index is -0.682. The maximum Gasteiger partial charge on any atom is 0.329 e. The van der Waals surface area contributed by atoms with Crippen LogP contribution in [0.25, 0.3) is 6.08 Å². The van der Waals surface area contributed by atoms with Crippen molar-refractivity contribution in [3.05, 3.63) is 30.2 Å². The zero-order chi connectivity index (χ0) is 16.0. The second kappa shape index (κ2) is 7.11. The van der Waals surface area contributed by atoms with Gasteiger partial charge >= 0.3 is 5.97 Å². The Morgan fingerprint density at radius 2 is 2.00 bits per heavy atom. The number of hydrogen-bond donors (Lipinski definition) is 1. The van der Waals surface area contributed by atoms with E-state index in [1.54, 1.807) is 39.0 Å². The Hall–Kier alpha value is -2.04. The first kappa shape index (κ1) is 17.0. The summed E-state index contributed by atoms with van der Waals surface area (Å²) in [5.74, 6) is -0.294. The summed E-state index contributed by atoms with van der Waals surface area (Å²) in [5.41, 5.74) is -0.584. The predicted octanol–water partition coefficient (Wildman–Crippen LogP) is 2.78. The van der Waals surface area contributed by atoms with Crippen molar-refractivity contribution in [2.45, 2.75) is 46.3 Å². The van der Waals surface area contributed by atoms with Crippen molar-refractivity contribution in [3.63, 3.8) is 0 Å². The fourth-order valence-electron chi connectivity index (χ4n) is 1.61. The lowest BCUT2D eigenvalue weighted by Gasteiger charge is -2.26. The van der Waals surface area contributed by atoms with Crippen LogP contribution < -0.4 is 5.32 Å². The van der Waals surface area contributed by atoms with E-state index in [1.807, 2.05) is 13.8 Å². The average Bonchev–Trinajstić information content (AvgIpc) is 2.83. The molecular weight excluding hydrogens is 270 g/mol. The van der Waals surface area contributed by atoms with Crippen LogP contribution in [-0.2, 0) is 14.3 Å². The summed E-state index contributed by atoms with van der Waals surface area (Å²) in [5, 5.41) is 2.66.